The molecule has 4 rings (SSSR count). The molecule has 2 aromatic heterocycles. The van der Waals surface area contributed by atoms with E-state index in [1.807, 2.05) is 30.3 Å². The number of carbonyl (C=O) groups is 1. The van der Waals surface area contributed by atoms with E-state index in [2.05, 4.69) is 15.4 Å². The van der Waals surface area contributed by atoms with Crippen molar-refractivity contribution in [2.45, 2.75) is 6.61 Å². The van der Waals surface area contributed by atoms with E-state index in [0.29, 0.717) is 22.9 Å². The van der Waals surface area contributed by atoms with Gasteiger partial charge in [0.1, 0.15) is 12.3 Å². The predicted molar refractivity (Wildman–Crippen MR) is 90.8 cm³/mol. The number of benzene rings is 2. The second kappa shape index (κ2) is 7.02. The highest BCUT2D eigenvalue weighted by Gasteiger charge is 2.12. The molecule has 0 aliphatic carbocycles. The Kier molecular flexibility index (Phi) is 4.26. The van der Waals surface area contributed by atoms with Gasteiger partial charge in [-0.05, 0) is 24.3 Å². The fourth-order valence-corrected chi connectivity index (χ4v) is 2.39. The van der Waals surface area contributed by atoms with Gasteiger partial charge < -0.3 is 13.7 Å². The Morgan fingerprint density at radius 2 is 1.81 bits per heavy atom. The Bertz CT molecular complexity index is 993. The van der Waals surface area contributed by atoms with Crippen molar-refractivity contribution in [3.8, 4) is 22.8 Å². The van der Waals surface area contributed by atoms with Crippen LogP contribution in [0.15, 0.2) is 76.0 Å². The molecule has 0 radical (unpaired) electrons. The molecule has 0 amide bonds. The van der Waals surface area contributed by atoms with E-state index in [9.17, 15) is 4.79 Å². The Hall–Kier alpha value is -3.74. The monoisotopic (exact) mass is 347 g/mol. The van der Waals surface area contributed by atoms with Crippen LogP contribution in [0, 0.1) is 0 Å². The third kappa shape index (κ3) is 3.36. The molecule has 0 N–H and O–H groups in total. The number of esters is 1. The average Bonchev–Trinajstić information content (AvgIpc) is 3.39. The summed E-state index contributed by atoms with van der Waals surface area (Å²) in [6.45, 7) is 0.0284. The topological polar surface area (TPSA) is 91.2 Å². The fraction of sp³-hybridized carbons (Fsp3) is 0.0526. The van der Waals surface area contributed by atoms with Crippen LogP contribution in [0.25, 0.3) is 22.8 Å². The lowest BCUT2D eigenvalue weighted by atomic mass is 10.1. The quantitative estimate of drug-likeness (QED) is 0.508. The van der Waals surface area contributed by atoms with Gasteiger partial charge in [-0.25, -0.2) is 4.79 Å². The van der Waals surface area contributed by atoms with Gasteiger partial charge in [0.05, 0.1) is 5.56 Å². The van der Waals surface area contributed by atoms with Gasteiger partial charge in [0.2, 0.25) is 12.3 Å². The van der Waals surface area contributed by atoms with Gasteiger partial charge in [-0.1, -0.05) is 35.5 Å². The van der Waals surface area contributed by atoms with Gasteiger partial charge in [-0.2, -0.15) is 0 Å². The van der Waals surface area contributed by atoms with Crippen LogP contribution in [0.3, 0.4) is 0 Å². The van der Waals surface area contributed by atoms with E-state index < -0.39 is 5.97 Å². The van der Waals surface area contributed by atoms with Crippen LogP contribution in [-0.4, -0.2) is 21.3 Å². The first kappa shape index (κ1) is 15.8. The van der Waals surface area contributed by atoms with Crippen LogP contribution in [0.4, 0.5) is 0 Å². The first-order chi connectivity index (χ1) is 12.8. The lowest BCUT2D eigenvalue weighted by molar-refractivity contribution is 0.0464. The zero-order valence-electron chi connectivity index (χ0n) is 13.5. The molecule has 2 heterocycles. The number of nitrogens with zero attached hydrogens (tertiary/aromatic N) is 3. The first-order valence-corrected chi connectivity index (χ1v) is 7.84. The van der Waals surface area contributed by atoms with Crippen LogP contribution >= 0.6 is 0 Å². The molecule has 0 aliphatic rings. The highest BCUT2D eigenvalue weighted by Crippen LogP contribution is 2.21. The maximum absolute atomic E-state index is 12.2. The third-order valence-corrected chi connectivity index (χ3v) is 3.70. The fourth-order valence-electron chi connectivity index (χ4n) is 2.39. The smallest absolute Gasteiger partial charge is 0.338 e. The van der Waals surface area contributed by atoms with Crippen molar-refractivity contribution < 1.29 is 18.5 Å². The van der Waals surface area contributed by atoms with E-state index in [1.165, 1.54) is 6.39 Å². The van der Waals surface area contributed by atoms with Crippen LogP contribution in [-0.2, 0) is 11.3 Å². The summed E-state index contributed by atoms with van der Waals surface area (Å²) in [4.78, 5) is 12.2. The number of ether oxygens (including phenoxy) is 1. The molecule has 7 nitrogen and oxygen atoms in total. The molecule has 0 aliphatic heterocycles. The van der Waals surface area contributed by atoms with E-state index in [-0.39, 0.29) is 6.61 Å². The number of hydrogen-bond acceptors (Lipinski definition) is 7. The predicted octanol–water partition coefficient (Wildman–Crippen LogP) is 3.75. The molecule has 0 spiro atoms. The zero-order valence-corrected chi connectivity index (χ0v) is 13.5. The number of carbonyl (C=O) groups excluding carboxylic acids is 1. The number of aromatic nitrogens is 3. The summed E-state index contributed by atoms with van der Waals surface area (Å²) in [7, 11) is 0. The minimum absolute atomic E-state index is 0.0284. The van der Waals surface area contributed by atoms with E-state index in [0.717, 1.165) is 11.1 Å². The molecular weight excluding hydrogens is 334 g/mol. The zero-order chi connectivity index (χ0) is 17.8. The van der Waals surface area contributed by atoms with Gasteiger partial charge in [0, 0.05) is 17.2 Å². The summed E-state index contributed by atoms with van der Waals surface area (Å²) in [5.41, 5.74) is 2.59. The molecule has 128 valence electrons. The molecule has 2 aromatic carbocycles. The van der Waals surface area contributed by atoms with Crippen LogP contribution in [0.5, 0.6) is 0 Å². The van der Waals surface area contributed by atoms with Gasteiger partial charge in [0.15, 0.2) is 5.76 Å². The van der Waals surface area contributed by atoms with E-state index in [1.54, 1.807) is 30.3 Å². The van der Waals surface area contributed by atoms with E-state index in [4.69, 9.17) is 13.7 Å². The molecule has 4 aromatic rings. The van der Waals surface area contributed by atoms with Gasteiger partial charge in [-0.3, -0.25) is 0 Å². The second-order valence-corrected chi connectivity index (χ2v) is 5.45. The normalized spacial score (nSPS) is 10.6. The van der Waals surface area contributed by atoms with Crippen LogP contribution in [0.2, 0.25) is 0 Å². The van der Waals surface area contributed by atoms with Crippen molar-refractivity contribution in [3.63, 3.8) is 0 Å². The third-order valence-electron chi connectivity index (χ3n) is 3.70. The molecule has 0 bridgehead atoms. The van der Waals surface area contributed by atoms with Crippen molar-refractivity contribution >= 4 is 5.97 Å². The van der Waals surface area contributed by atoms with Crippen LogP contribution < -0.4 is 0 Å². The minimum Gasteiger partial charge on any atom is -0.455 e. The molecular formula is C19H13N3O4. The van der Waals surface area contributed by atoms with Crippen molar-refractivity contribution in [2.75, 3.05) is 0 Å². The highest BCUT2D eigenvalue weighted by molar-refractivity contribution is 5.89. The molecule has 0 unspecified atom stereocenters. The molecule has 7 heteroatoms. The minimum atomic E-state index is -0.452. The molecule has 0 saturated heterocycles. The van der Waals surface area contributed by atoms with Gasteiger partial charge >= 0.3 is 5.97 Å². The summed E-state index contributed by atoms with van der Waals surface area (Å²) in [5, 5.41) is 11.4. The average molecular weight is 347 g/mol. The molecule has 0 saturated carbocycles. The van der Waals surface area contributed by atoms with E-state index >= 15 is 0 Å². The van der Waals surface area contributed by atoms with Gasteiger partial charge in [0.25, 0.3) is 0 Å². The summed E-state index contributed by atoms with van der Waals surface area (Å²) < 4.78 is 15.7. The standard InChI is InChI=1S/C19H13N3O4/c23-19(15-8-6-14(7-9-15)18-21-20-12-25-18)24-11-16-10-17(26-22-16)13-4-2-1-3-5-13/h1-10,12H,11H2. The van der Waals surface area contributed by atoms with Crippen LogP contribution in [0.1, 0.15) is 16.1 Å². The Morgan fingerprint density at radius 1 is 1.00 bits per heavy atom. The maximum Gasteiger partial charge on any atom is 0.338 e. The SMILES string of the molecule is O=C(OCc1cc(-c2ccccc2)on1)c1ccc(-c2nnco2)cc1. The first-order valence-electron chi connectivity index (χ1n) is 7.84. The molecule has 26 heavy (non-hydrogen) atoms. The van der Waals surface area contributed by atoms with Crippen molar-refractivity contribution in [1.82, 2.24) is 15.4 Å². The Morgan fingerprint density at radius 3 is 2.54 bits per heavy atom. The Labute approximate surface area is 148 Å². The lowest BCUT2D eigenvalue weighted by Gasteiger charge is -2.03. The molecule has 0 fully saturated rings. The summed E-state index contributed by atoms with van der Waals surface area (Å²) in [5.74, 6) is 0.563. The highest BCUT2D eigenvalue weighted by atomic mass is 16.5. The Balaban J connectivity index is 1.39. The summed E-state index contributed by atoms with van der Waals surface area (Å²) in [6, 6.07) is 18.0. The lowest BCUT2D eigenvalue weighted by Crippen LogP contribution is -2.05. The van der Waals surface area contributed by atoms with Gasteiger partial charge in [-0.15, -0.1) is 10.2 Å². The molecule has 0 atom stereocenters. The second-order valence-electron chi connectivity index (χ2n) is 5.45. The van der Waals surface area contributed by atoms with Crippen molar-refractivity contribution in [2.24, 2.45) is 0 Å². The number of hydrogen-bond donors (Lipinski definition) is 0. The summed E-state index contributed by atoms with van der Waals surface area (Å²) in [6.07, 6.45) is 1.25. The summed E-state index contributed by atoms with van der Waals surface area (Å²) >= 11 is 0. The van der Waals surface area contributed by atoms with Crippen molar-refractivity contribution in [3.05, 3.63) is 78.3 Å². The van der Waals surface area contributed by atoms with Crippen molar-refractivity contribution in [1.29, 1.82) is 0 Å². The number of rotatable bonds is 5. The largest absolute Gasteiger partial charge is 0.455 e. The maximum atomic E-state index is 12.2.